The number of rotatable bonds is 2. The maximum Gasteiger partial charge on any atom is 0.423 e. The van der Waals surface area contributed by atoms with E-state index in [0.29, 0.717) is 11.6 Å². The summed E-state index contributed by atoms with van der Waals surface area (Å²) in [6.07, 6.45) is -4.74. The molecule has 3 nitrogen and oxygen atoms in total. The van der Waals surface area contributed by atoms with Crippen molar-refractivity contribution in [3.63, 3.8) is 0 Å². The highest BCUT2D eigenvalue weighted by molar-refractivity contribution is 9.10. The van der Waals surface area contributed by atoms with Gasteiger partial charge in [-0.1, -0.05) is 31.9 Å². The minimum absolute atomic E-state index is 0.183. The number of hydrogen-bond acceptors (Lipinski definition) is 2. The molecular formula is C8H4Br2F3NO2. The van der Waals surface area contributed by atoms with Crippen molar-refractivity contribution in [3.8, 4) is 0 Å². The Kier molecular flexibility index (Phi) is 3.95. The van der Waals surface area contributed by atoms with Crippen molar-refractivity contribution in [2.45, 2.75) is 11.5 Å². The third-order valence-corrected chi connectivity index (χ3v) is 3.15. The monoisotopic (exact) mass is 361 g/mol. The van der Waals surface area contributed by atoms with Crippen molar-refractivity contribution >= 4 is 37.5 Å². The number of halogens is 5. The molecule has 1 aromatic rings. The van der Waals surface area contributed by atoms with Crippen LogP contribution in [0.3, 0.4) is 0 Å². The average molecular weight is 363 g/mol. The smallest absolute Gasteiger partial charge is 0.258 e. The van der Waals surface area contributed by atoms with E-state index in [9.17, 15) is 23.3 Å². The van der Waals surface area contributed by atoms with Crippen LogP contribution in [0.2, 0.25) is 0 Å². The first-order valence-electron chi connectivity index (χ1n) is 3.87. The average Bonchev–Trinajstić information content (AvgIpc) is 2.15. The van der Waals surface area contributed by atoms with Gasteiger partial charge in [-0.05, 0) is 11.6 Å². The second kappa shape index (κ2) is 4.70. The molecule has 0 saturated carbocycles. The Balaban J connectivity index is 3.49. The first-order chi connectivity index (χ1) is 7.27. The predicted molar refractivity (Wildman–Crippen MR) is 58.4 cm³/mol. The zero-order valence-electron chi connectivity index (χ0n) is 7.52. The maximum atomic E-state index is 12.5. The van der Waals surface area contributed by atoms with Gasteiger partial charge in [0.25, 0.3) is 5.69 Å². The third-order valence-electron chi connectivity index (χ3n) is 1.81. The van der Waals surface area contributed by atoms with Crippen molar-refractivity contribution in [1.29, 1.82) is 0 Å². The van der Waals surface area contributed by atoms with Crippen LogP contribution in [0.15, 0.2) is 16.6 Å². The summed E-state index contributed by atoms with van der Waals surface area (Å²) < 4.78 is 37.6. The third kappa shape index (κ3) is 2.73. The van der Waals surface area contributed by atoms with Crippen LogP contribution >= 0.6 is 31.9 Å². The molecule has 0 unspecified atom stereocenters. The topological polar surface area (TPSA) is 43.1 Å². The number of benzene rings is 1. The number of nitrogens with zero attached hydrogens (tertiary/aromatic N) is 1. The van der Waals surface area contributed by atoms with Crippen LogP contribution in [-0.4, -0.2) is 4.92 Å². The lowest BCUT2D eigenvalue weighted by Crippen LogP contribution is -2.09. The van der Waals surface area contributed by atoms with Crippen molar-refractivity contribution < 1.29 is 18.1 Å². The Morgan fingerprint density at radius 2 is 1.94 bits per heavy atom. The summed E-state index contributed by atoms with van der Waals surface area (Å²) in [6, 6.07) is 1.62. The molecule has 0 spiro atoms. The molecule has 0 saturated heterocycles. The fourth-order valence-electron chi connectivity index (χ4n) is 1.09. The predicted octanol–water partition coefficient (Wildman–Crippen LogP) is 4.27. The molecule has 0 bridgehead atoms. The highest BCUT2D eigenvalue weighted by Crippen LogP contribution is 2.39. The van der Waals surface area contributed by atoms with Gasteiger partial charge >= 0.3 is 6.18 Å². The quantitative estimate of drug-likeness (QED) is 0.448. The van der Waals surface area contributed by atoms with E-state index in [4.69, 9.17) is 0 Å². The summed E-state index contributed by atoms with van der Waals surface area (Å²) in [5.41, 5.74) is -1.81. The first-order valence-corrected chi connectivity index (χ1v) is 5.78. The van der Waals surface area contributed by atoms with Crippen molar-refractivity contribution in [3.05, 3.63) is 37.8 Å². The van der Waals surface area contributed by atoms with E-state index in [2.05, 4.69) is 31.9 Å². The van der Waals surface area contributed by atoms with Crippen LogP contribution in [0.4, 0.5) is 18.9 Å². The lowest BCUT2D eigenvalue weighted by molar-refractivity contribution is -0.388. The molecule has 0 fully saturated rings. The van der Waals surface area contributed by atoms with E-state index < -0.39 is 22.4 Å². The van der Waals surface area contributed by atoms with Gasteiger partial charge in [0.1, 0.15) is 5.56 Å². The Labute approximate surface area is 105 Å². The Hall–Kier alpha value is -0.630. The number of nitro benzene ring substituents is 1. The fourth-order valence-corrected chi connectivity index (χ4v) is 2.41. The van der Waals surface area contributed by atoms with Crippen LogP contribution < -0.4 is 0 Å². The van der Waals surface area contributed by atoms with Gasteiger partial charge in [0.05, 0.1) is 4.92 Å². The van der Waals surface area contributed by atoms with Gasteiger partial charge in [0.2, 0.25) is 0 Å². The van der Waals surface area contributed by atoms with Crippen molar-refractivity contribution in [1.82, 2.24) is 0 Å². The van der Waals surface area contributed by atoms with Gasteiger partial charge in [-0.3, -0.25) is 10.1 Å². The molecular weight excluding hydrogens is 359 g/mol. The zero-order chi connectivity index (χ0) is 12.5. The molecule has 0 radical (unpaired) electrons. The van der Waals surface area contributed by atoms with Crippen molar-refractivity contribution in [2.75, 3.05) is 0 Å². The summed E-state index contributed by atoms with van der Waals surface area (Å²) in [6.45, 7) is 0. The SMILES string of the molecule is O=[N+]([O-])c1cc(CBr)c(Br)cc1C(F)(F)F. The molecule has 0 heterocycles. The molecule has 0 amide bonds. The standard InChI is InChI=1S/C8H4Br2F3NO2/c9-3-4-1-7(14(15)16)5(2-6(4)10)8(11,12)13/h1-2H,3H2. The normalized spacial score (nSPS) is 11.6. The van der Waals surface area contributed by atoms with E-state index in [-0.39, 0.29) is 9.80 Å². The van der Waals surface area contributed by atoms with E-state index in [1.54, 1.807) is 0 Å². The molecule has 0 atom stereocenters. The molecule has 0 aliphatic heterocycles. The second-order valence-corrected chi connectivity index (χ2v) is 4.26. The van der Waals surface area contributed by atoms with Gasteiger partial charge in [0.15, 0.2) is 0 Å². The second-order valence-electron chi connectivity index (χ2n) is 2.85. The minimum atomic E-state index is -4.74. The van der Waals surface area contributed by atoms with Crippen LogP contribution in [0.5, 0.6) is 0 Å². The van der Waals surface area contributed by atoms with E-state index in [1.165, 1.54) is 0 Å². The van der Waals surface area contributed by atoms with Gasteiger partial charge in [0, 0.05) is 15.9 Å². The number of nitro groups is 1. The van der Waals surface area contributed by atoms with E-state index in [0.717, 1.165) is 6.07 Å². The van der Waals surface area contributed by atoms with Crippen LogP contribution in [0, 0.1) is 10.1 Å². The lowest BCUT2D eigenvalue weighted by atomic mass is 10.1. The molecule has 88 valence electrons. The Morgan fingerprint density at radius 3 is 2.31 bits per heavy atom. The Bertz CT molecular complexity index is 434. The van der Waals surface area contributed by atoms with E-state index in [1.807, 2.05) is 0 Å². The Morgan fingerprint density at radius 1 is 1.38 bits per heavy atom. The molecule has 0 aromatic heterocycles. The summed E-state index contributed by atoms with van der Waals surface area (Å²) in [5, 5.41) is 10.8. The van der Waals surface area contributed by atoms with Gasteiger partial charge < -0.3 is 0 Å². The molecule has 1 aromatic carbocycles. The maximum absolute atomic E-state index is 12.5. The molecule has 0 aliphatic carbocycles. The minimum Gasteiger partial charge on any atom is -0.258 e. The molecule has 16 heavy (non-hydrogen) atoms. The van der Waals surface area contributed by atoms with E-state index >= 15 is 0 Å². The molecule has 1 rings (SSSR count). The fraction of sp³-hybridized carbons (Fsp3) is 0.250. The summed E-state index contributed by atoms with van der Waals surface area (Å²) in [4.78, 5) is 9.48. The van der Waals surface area contributed by atoms with Crippen LogP contribution in [-0.2, 0) is 11.5 Å². The molecule has 8 heteroatoms. The number of alkyl halides is 4. The largest absolute Gasteiger partial charge is 0.423 e. The van der Waals surface area contributed by atoms with Gasteiger partial charge in [-0.15, -0.1) is 0 Å². The molecule has 0 N–H and O–H groups in total. The lowest BCUT2D eigenvalue weighted by Gasteiger charge is -2.09. The van der Waals surface area contributed by atoms with Crippen LogP contribution in [0.1, 0.15) is 11.1 Å². The van der Waals surface area contributed by atoms with Crippen molar-refractivity contribution in [2.24, 2.45) is 0 Å². The zero-order valence-corrected chi connectivity index (χ0v) is 10.7. The molecule has 0 aliphatic rings. The summed E-state index contributed by atoms with van der Waals surface area (Å²) in [7, 11) is 0. The highest BCUT2D eigenvalue weighted by Gasteiger charge is 2.38. The summed E-state index contributed by atoms with van der Waals surface area (Å²) in [5.74, 6) is 0. The van der Waals surface area contributed by atoms with Gasteiger partial charge in [-0.25, -0.2) is 0 Å². The first kappa shape index (κ1) is 13.4. The summed E-state index contributed by atoms with van der Waals surface area (Å²) >= 11 is 5.96. The highest BCUT2D eigenvalue weighted by atomic mass is 79.9. The van der Waals surface area contributed by atoms with Gasteiger partial charge in [-0.2, -0.15) is 13.2 Å². The number of hydrogen-bond donors (Lipinski definition) is 0. The van der Waals surface area contributed by atoms with Crippen LogP contribution in [0.25, 0.3) is 0 Å².